The summed E-state index contributed by atoms with van der Waals surface area (Å²) in [5.41, 5.74) is 1.62. The van der Waals surface area contributed by atoms with Gasteiger partial charge in [-0.2, -0.15) is 0 Å². The van der Waals surface area contributed by atoms with Crippen LogP contribution in [0.25, 0.3) is 11.2 Å². The molecule has 2 aromatic heterocycles. The molecule has 0 amide bonds. The third-order valence-electron chi connectivity index (χ3n) is 3.75. The van der Waals surface area contributed by atoms with Gasteiger partial charge >= 0.3 is 0 Å². The van der Waals surface area contributed by atoms with Crippen molar-refractivity contribution in [3.8, 4) is 0 Å². The Kier molecular flexibility index (Phi) is 3.66. The number of nitrogens with zero attached hydrogens (tertiary/aromatic N) is 5. The van der Waals surface area contributed by atoms with Gasteiger partial charge in [-0.1, -0.05) is 24.9 Å². The molecule has 1 fully saturated rings. The molecule has 1 aliphatic rings. The van der Waals surface area contributed by atoms with E-state index in [4.69, 9.17) is 11.6 Å². The van der Waals surface area contributed by atoms with Crippen molar-refractivity contribution >= 4 is 22.8 Å². The Hall–Kier alpha value is -1.20. The minimum absolute atomic E-state index is 0.391. The van der Waals surface area contributed by atoms with Gasteiger partial charge in [0.05, 0.1) is 13.0 Å². The topological polar surface area (TPSA) is 46.8 Å². The fourth-order valence-corrected chi connectivity index (χ4v) is 2.98. The van der Waals surface area contributed by atoms with Gasteiger partial charge in [0, 0.05) is 19.2 Å². The third kappa shape index (κ3) is 2.72. The van der Waals surface area contributed by atoms with Gasteiger partial charge in [-0.25, -0.2) is 4.98 Å². The summed E-state index contributed by atoms with van der Waals surface area (Å²) in [6.45, 7) is 5.43. The van der Waals surface area contributed by atoms with E-state index in [9.17, 15) is 0 Å². The summed E-state index contributed by atoms with van der Waals surface area (Å²) in [5, 5.41) is 8.42. The number of imidazole rings is 1. The van der Waals surface area contributed by atoms with Gasteiger partial charge in [0.1, 0.15) is 5.52 Å². The minimum atomic E-state index is 0.391. The standard InChI is InChI=1S/C13H18ClN5/c1-2-3-10-4-5-18(7-10)9-19-8-15-11-6-12(14)16-17-13(11)19/h6,8,10H,2-5,7,9H2,1H3. The average Bonchev–Trinajstić information content (AvgIpc) is 2.98. The smallest absolute Gasteiger partial charge is 0.183 e. The summed E-state index contributed by atoms with van der Waals surface area (Å²) in [7, 11) is 0. The Balaban J connectivity index is 1.72. The van der Waals surface area contributed by atoms with Gasteiger partial charge in [0.25, 0.3) is 0 Å². The summed E-state index contributed by atoms with van der Waals surface area (Å²) in [6.07, 6.45) is 5.73. The predicted octanol–water partition coefficient (Wildman–Crippen LogP) is 2.56. The van der Waals surface area contributed by atoms with E-state index in [0.29, 0.717) is 5.15 Å². The molecule has 0 radical (unpaired) electrons. The van der Waals surface area contributed by atoms with Crippen molar-refractivity contribution in [2.75, 3.05) is 13.1 Å². The summed E-state index contributed by atoms with van der Waals surface area (Å²) in [4.78, 5) is 6.78. The third-order valence-corrected chi connectivity index (χ3v) is 3.94. The molecule has 0 spiro atoms. The zero-order chi connectivity index (χ0) is 13.2. The van der Waals surface area contributed by atoms with Crippen LogP contribution in [-0.4, -0.2) is 37.7 Å². The van der Waals surface area contributed by atoms with Crippen LogP contribution in [0.4, 0.5) is 0 Å². The number of fused-ring (bicyclic) bond motifs is 1. The van der Waals surface area contributed by atoms with Crippen molar-refractivity contribution in [1.29, 1.82) is 0 Å². The van der Waals surface area contributed by atoms with Crippen LogP contribution < -0.4 is 0 Å². The molecule has 1 saturated heterocycles. The van der Waals surface area contributed by atoms with Crippen molar-refractivity contribution in [3.63, 3.8) is 0 Å². The summed E-state index contributed by atoms with van der Waals surface area (Å²) in [5.74, 6) is 0.848. The first-order chi connectivity index (χ1) is 9.26. The first-order valence-electron chi connectivity index (χ1n) is 6.82. The normalized spacial score (nSPS) is 20.4. The van der Waals surface area contributed by atoms with Crippen LogP contribution in [0.15, 0.2) is 12.4 Å². The molecule has 1 aliphatic heterocycles. The first-order valence-corrected chi connectivity index (χ1v) is 7.20. The molecule has 0 aromatic carbocycles. The number of hydrogen-bond acceptors (Lipinski definition) is 4. The molecule has 5 nitrogen and oxygen atoms in total. The van der Waals surface area contributed by atoms with Gasteiger partial charge in [-0.3, -0.25) is 4.90 Å². The molecule has 6 heteroatoms. The van der Waals surface area contributed by atoms with Gasteiger partial charge in [-0.15, -0.1) is 10.2 Å². The molecule has 19 heavy (non-hydrogen) atoms. The van der Waals surface area contributed by atoms with E-state index >= 15 is 0 Å². The van der Waals surface area contributed by atoms with Crippen LogP contribution in [-0.2, 0) is 6.67 Å². The number of likely N-dealkylation sites (tertiary alicyclic amines) is 1. The molecule has 3 rings (SSSR count). The lowest BCUT2D eigenvalue weighted by molar-refractivity contribution is 0.260. The van der Waals surface area contributed by atoms with E-state index in [1.165, 1.54) is 25.8 Å². The largest absolute Gasteiger partial charge is 0.300 e. The quantitative estimate of drug-likeness (QED) is 0.863. The fraction of sp³-hybridized carbons (Fsp3) is 0.615. The number of aromatic nitrogens is 4. The number of halogens is 1. The molecule has 3 heterocycles. The first kappa shape index (κ1) is 12.8. The Labute approximate surface area is 117 Å². The lowest BCUT2D eigenvalue weighted by Gasteiger charge is -2.16. The monoisotopic (exact) mass is 279 g/mol. The highest BCUT2D eigenvalue weighted by molar-refractivity contribution is 6.29. The molecule has 1 atom stereocenters. The second kappa shape index (κ2) is 5.43. The van der Waals surface area contributed by atoms with Gasteiger partial charge in [0.15, 0.2) is 10.8 Å². The van der Waals surface area contributed by atoms with Crippen LogP contribution in [0.1, 0.15) is 26.2 Å². The SMILES string of the molecule is CCCC1CCN(Cn2cnc3cc(Cl)nnc32)C1. The molecule has 2 aromatic rings. The van der Waals surface area contributed by atoms with Gasteiger partial charge in [0.2, 0.25) is 0 Å². The maximum atomic E-state index is 5.82. The highest BCUT2D eigenvalue weighted by Crippen LogP contribution is 2.22. The summed E-state index contributed by atoms with van der Waals surface area (Å²) in [6, 6.07) is 1.75. The fourth-order valence-electron chi connectivity index (χ4n) is 2.84. The summed E-state index contributed by atoms with van der Waals surface area (Å²) >= 11 is 5.82. The molecule has 0 N–H and O–H groups in total. The lowest BCUT2D eigenvalue weighted by Crippen LogP contribution is -2.23. The molecule has 0 bridgehead atoms. The Morgan fingerprint density at radius 3 is 3.16 bits per heavy atom. The molecular formula is C13H18ClN5. The van der Waals surface area contributed by atoms with E-state index in [1.54, 1.807) is 6.07 Å². The summed E-state index contributed by atoms with van der Waals surface area (Å²) < 4.78 is 2.05. The van der Waals surface area contributed by atoms with Gasteiger partial charge < -0.3 is 4.57 Å². The minimum Gasteiger partial charge on any atom is -0.300 e. The molecule has 0 saturated carbocycles. The van der Waals surface area contributed by atoms with E-state index in [0.717, 1.165) is 30.3 Å². The maximum Gasteiger partial charge on any atom is 0.183 e. The van der Waals surface area contributed by atoms with E-state index < -0.39 is 0 Å². The van der Waals surface area contributed by atoms with Crippen molar-refractivity contribution in [2.24, 2.45) is 5.92 Å². The van der Waals surface area contributed by atoms with Crippen LogP contribution in [0.5, 0.6) is 0 Å². The van der Waals surface area contributed by atoms with Crippen LogP contribution in [0.2, 0.25) is 5.15 Å². The lowest BCUT2D eigenvalue weighted by atomic mass is 10.0. The van der Waals surface area contributed by atoms with Crippen molar-refractivity contribution in [2.45, 2.75) is 32.9 Å². The average molecular weight is 280 g/mol. The van der Waals surface area contributed by atoms with Crippen LogP contribution in [0.3, 0.4) is 0 Å². The Morgan fingerprint density at radius 2 is 2.32 bits per heavy atom. The van der Waals surface area contributed by atoms with E-state index in [1.807, 2.05) is 10.9 Å². The van der Waals surface area contributed by atoms with Crippen LogP contribution in [0, 0.1) is 5.92 Å². The predicted molar refractivity (Wildman–Crippen MR) is 74.9 cm³/mol. The van der Waals surface area contributed by atoms with E-state index in [-0.39, 0.29) is 0 Å². The highest BCUT2D eigenvalue weighted by Gasteiger charge is 2.22. The zero-order valence-electron chi connectivity index (χ0n) is 11.1. The second-order valence-corrected chi connectivity index (χ2v) is 5.64. The van der Waals surface area contributed by atoms with Crippen molar-refractivity contribution in [3.05, 3.63) is 17.5 Å². The number of hydrogen-bond donors (Lipinski definition) is 0. The Bertz CT molecular complexity index is 567. The van der Waals surface area contributed by atoms with Crippen molar-refractivity contribution in [1.82, 2.24) is 24.6 Å². The Morgan fingerprint density at radius 1 is 1.42 bits per heavy atom. The van der Waals surface area contributed by atoms with E-state index in [2.05, 4.69) is 27.0 Å². The molecule has 0 aliphatic carbocycles. The molecule has 1 unspecified atom stereocenters. The zero-order valence-corrected chi connectivity index (χ0v) is 11.8. The van der Waals surface area contributed by atoms with Crippen LogP contribution >= 0.6 is 11.6 Å². The second-order valence-electron chi connectivity index (χ2n) is 5.25. The van der Waals surface area contributed by atoms with Gasteiger partial charge in [-0.05, 0) is 18.8 Å². The number of rotatable bonds is 4. The maximum absolute atomic E-state index is 5.82. The molecule has 102 valence electrons. The molecular weight excluding hydrogens is 262 g/mol. The van der Waals surface area contributed by atoms with Crippen molar-refractivity contribution < 1.29 is 0 Å². The highest BCUT2D eigenvalue weighted by atomic mass is 35.5.